The third-order valence-electron chi connectivity index (χ3n) is 5.53. The molecular formula is C26H28Cl2N4O4. The molecule has 0 aliphatic rings. The van der Waals surface area contributed by atoms with Crippen LogP contribution in [0.4, 0.5) is 0 Å². The number of benzene rings is 2. The molecule has 1 heterocycles. The normalized spacial score (nSPS) is 10.9. The number of nitrogens with zero attached hydrogens (tertiary/aromatic N) is 2. The van der Waals surface area contributed by atoms with Crippen LogP contribution in [0, 0.1) is 13.8 Å². The highest BCUT2D eigenvalue weighted by atomic mass is 35.5. The van der Waals surface area contributed by atoms with Crippen LogP contribution < -0.4 is 20.2 Å². The Morgan fingerprint density at radius 3 is 2.42 bits per heavy atom. The van der Waals surface area contributed by atoms with Crippen LogP contribution in [0.1, 0.15) is 28.9 Å². The largest absolute Gasteiger partial charge is 0.493 e. The zero-order valence-electron chi connectivity index (χ0n) is 20.5. The quantitative estimate of drug-likeness (QED) is 0.227. The molecule has 2 aromatic carbocycles. The highest BCUT2D eigenvalue weighted by Gasteiger charge is 2.12. The van der Waals surface area contributed by atoms with E-state index in [1.54, 1.807) is 32.6 Å². The summed E-state index contributed by atoms with van der Waals surface area (Å²) < 4.78 is 12.5. The summed E-state index contributed by atoms with van der Waals surface area (Å²) in [5.41, 5.74) is 6.94. The molecule has 36 heavy (non-hydrogen) atoms. The molecule has 0 spiro atoms. The summed E-state index contributed by atoms with van der Waals surface area (Å²) in [7, 11) is 3.14. The van der Waals surface area contributed by atoms with Crippen molar-refractivity contribution in [3.63, 3.8) is 0 Å². The first kappa shape index (κ1) is 27.1. The number of ether oxygens (including phenoxy) is 2. The lowest BCUT2D eigenvalue weighted by Gasteiger charge is -2.10. The van der Waals surface area contributed by atoms with Crippen molar-refractivity contribution in [2.24, 2.45) is 5.10 Å². The fraction of sp³-hybridized carbons (Fsp3) is 0.269. The first-order valence-electron chi connectivity index (χ1n) is 11.2. The molecule has 0 unspecified atom stereocenters. The minimum absolute atomic E-state index is 0.328. The van der Waals surface area contributed by atoms with Crippen LogP contribution in [-0.4, -0.2) is 43.4 Å². The van der Waals surface area contributed by atoms with E-state index in [9.17, 15) is 9.59 Å². The molecule has 0 saturated heterocycles. The van der Waals surface area contributed by atoms with E-state index in [1.165, 1.54) is 0 Å². The summed E-state index contributed by atoms with van der Waals surface area (Å²) in [5, 5.41) is 7.69. The summed E-state index contributed by atoms with van der Waals surface area (Å²) in [6.07, 6.45) is 1.80. The predicted octanol–water partition coefficient (Wildman–Crippen LogP) is 4.62. The molecule has 10 heteroatoms. The first-order chi connectivity index (χ1) is 17.2. The van der Waals surface area contributed by atoms with Gasteiger partial charge in [-0.15, -0.1) is 0 Å². The van der Waals surface area contributed by atoms with Crippen molar-refractivity contribution in [3.8, 4) is 17.2 Å². The van der Waals surface area contributed by atoms with E-state index in [0.717, 1.165) is 28.2 Å². The van der Waals surface area contributed by atoms with Crippen LogP contribution in [0.2, 0.25) is 10.0 Å². The van der Waals surface area contributed by atoms with Crippen molar-refractivity contribution >= 4 is 41.2 Å². The molecule has 0 aliphatic carbocycles. The molecule has 3 aromatic rings. The Morgan fingerprint density at radius 2 is 1.72 bits per heavy atom. The van der Waals surface area contributed by atoms with Crippen molar-refractivity contribution in [2.45, 2.75) is 26.7 Å². The van der Waals surface area contributed by atoms with Gasteiger partial charge < -0.3 is 19.4 Å². The summed E-state index contributed by atoms with van der Waals surface area (Å²) in [4.78, 5) is 24.2. The Morgan fingerprint density at radius 1 is 0.972 bits per heavy atom. The average Bonchev–Trinajstić information content (AvgIpc) is 3.13. The minimum Gasteiger partial charge on any atom is -0.493 e. The molecule has 190 valence electrons. The molecule has 2 amide bonds. The molecule has 0 bridgehead atoms. The van der Waals surface area contributed by atoms with Crippen LogP contribution in [0.15, 0.2) is 47.6 Å². The number of hydrogen-bond acceptors (Lipinski definition) is 5. The molecule has 0 atom stereocenters. The number of aromatic nitrogens is 1. The van der Waals surface area contributed by atoms with Gasteiger partial charge in [-0.1, -0.05) is 29.3 Å². The van der Waals surface area contributed by atoms with Crippen molar-refractivity contribution in [1.29, 1.82) is 0 Å². The number of aryl methyl sites for hydroxylation is 1. The smallest absolute Gasteiger partial charge is 0.249 e. The molecule has 2 N–H and O–H groups in total. The van der Waals surface area contributed by atoms with Crippen molar-refractivity contribution in [1.82, 2.24) is 15.3 Å². The van der Waals surface area contributed by atoms with Crippen molar-refractivity contribution in [3.05, 3.63) is 75.0 Å². The third-order valence-corrected chi connectivity index (χ3v) is 6.27. The van der Waals surface area contributed by atoms with Crippen molar-refractivity contribution < 1.29 is 19.1 Å². The second kappa shape index (κ2) is 12.5. The van der Waals surface area contributed by atoms with Crippen LogP contribution >= 0.6 is 23.2 Å². The van der Waals surface area contributed by atoms with E-state index in [2.05, 4.69) is 15.8 Å². The van der Waals surface area contributed by atoms with Gasteiger partial charge in [-0.25, -0.2) is 5.43 Å². The standard InChI is InChI=1S/C26H28Cl2N4O4/c1-16-11-19(17(2)32(16)20-6-7-21(27)22(28)13-20)15-30-31-26(34)14-25(33)29-10-9-18-5-8-23(35-3)24(12-18)36-4/h5-8,11-13,15H,9-10,14H2,1-4H3,(H,29,33)(H,31,34)/b30-15+. The van der Waals surface area contributed by atoms with Gasteiger partial charge in [-0.2, -0.15) is 5.10 Å². The second-order valence-electron chi connectivity index (χ2n) is 8.02. The van der Waals surface area contributed by atoms with E-state index in [4.69, 9.17) is 32.7 Å². The molecule has 8 nitrogen and oxygen atoms in total. The number of methoxy groups -OCH3 is 2. The van der Waals surface area contributed by atoms with E-state index in [0.29, 0.717) is 34.5 Å². The average molecular weight is 531 g/mol. The van der Waals surface area contributed by atoms with Gasteiger partial charge in [0.1, 0.15) is 6.42 Å². The SMILES string of the molecule is COc1ccc(CCNC(=O)CC(=O)N/N=C/c2cc(C)n(-c3ccc(Cl)c(Cl)c3)c2C)cc1OC. The molecular weight excluding hydrogens is 503 g/mol. The van der Waals surface area contributed by atoms with E-state index < -0.39 is 5.91 Å². The number of nitrogens with one attached hydrogen (secondary N) is 2. The van der Waals surface area contributed by atoms with Gasteiger partial charge in [0.15, 0.2) is 11.5 Å². The fourth-order valence-electron chi connectivity index (χ4n) is 3.74. The zero-order valence-corrected chi connectivity index (χ0v) is 22.0. The number of hydrogen-bond donors (Lipinski definition) is 2. The maximum absolute atomic E-state index is 12.1. The van der Waals surface area contributed by atoms with Crippen molar-refractivity contribution in [2.75, 3.05) is 20.8 Å². The molecule has 0 saturated carbocycles. The maximum atomic E-state index is 12.1. The monoisotopic (exact) mass is 530 g/mol. The fourth-order valence-corrected chi connectivity index (χ4v) is 4.04. The van der Waals surface area contributed by atoms with Gasteiger partial charge in [0.25, 0.3) is 0 Å². The highest BCUT2D eigenvalue weighted by Crippen LogP contribution is 2.28. The summed E-state index contributed by atoms with van der Waals surface area (Å²) in [5.74, 6) is 0.365. The van der Waals surface area contributed by atoms with Crippen LogP contribution in [0.3, 0.4) is 0 Å². The Bertz CT molecular complexity index is 1290. The summed E-state index contributed by atoms with van der Waals surface area (Å²) in [6.45, 7) is 4.27. The summed E-state index contributed by atoms with van der Waals surface area (Å²) in [6, 6.07) is 12.9. The van der Waals surface area contributed by atoms with Gasteiger partial charge in [0.2, 0.25) is 11.8 Å². The van der Waals surface area contributed by atoms with Gasteiger partial charge in [-0.3, -0.25) is 9.59 Å². The second-order valence-corrected chi connectivity index (χ2v) is 8.83. The number of carbonyl (C=O) groups excluding carboxylic acids is 2. The molecule has 3 rings (SSSR count). The Kier molecular flexibility index (Phi) is 9.38. The lowest BCUT2D eigenvalue weighted by Crippen LogP contribution is -2.31. The number of hydrazone groups is 1. The lowest BCUT2D eigenvalue weighted by atomic mass is 10.1. The van der Waals surface area contributed by atoms with E-state index >= 15 is 0 Å². The lowest BCUT2D eigenvalue weighted by molar-refractivity contribution is -0.129. The van der Waals surface area contributed by atoms with Gasteiger partial charge in [0, 0.05) is 29.2 Å². The molecule has 0 fully saturated rings. The summed E-state index contributed by atoms with van der Waals surface area (Å²) >= 11 is 12.2. The molecule has 0 aliphatic heterocycles. The highest BCUT2D eigenvalue weighted by molar-refractivity contribution is 6.42. The predicted molar refractivity (Wildman–Crippen MR) is 142 cm³/mol. The Labute approximate surface area is 220 Å². The van der Waals surface area contributed by atoms with Crippen LogP contribution in [0.25, 0.3) is 5.69 Å². The van der Waals surface area contributed by atoms with Gasteiger partial charge in [0.05, 0.1) is 30.5 Å². The number of rotatable bonds is 10. The topological polar surface area (TPSA) is 94.0 Å². The van der Waals surface area contributed by atoms with E-state index in [1.807, 2.05) is 48.7 Å². The van der Waals surface area contributed by atoms with Gasteiger partial charge in [-0.05, 0) is 62.2 Å². The van der Waals surface area contributed by atoms with Gasteiger partial charge >= 0.3 is 0 Å². The Balaban J connectivity index is 1.50. The number of carbonyl (C=O) groups is 2. The zero-order chi connectivity index (χ0) is 26.2. The number of halogens is 2. The first-order valence-corrected chi connectivity index (χ1v) is 11.9. The molecule has 1 aromatic heterocycles. The minimum atomic E-state index is -0.506. The van der Waals surface area contributed by atoms with Crippen LogP contribution in [0.5, 0.6) is 11.5 Å². The number of amides is 2. The maximum Gasteiger partial charge on any atom is 0.249 e. The van der Waals surface area contributed by atoms with Crippen LogP contribution in [-0.2, 0) is 16.0 Å². The molecule has 0 radical (unpaired) electrons. The Hall–Kier alpha value is -3.49. The third kappa shape index (κ3) is 6.80. The van der Waals surface area contributed by atoms with E-state index in [-0.39, 0.29) is 12.3 Å².